The van der Waals surface area contributed by atoms with Crippen LogP contribution in [0.25, 0.3) is 0 Å². The van der Waals surface area contributed by atoms with Crippen LogP contribution in [0.15, 0.2) is 24.2 Å². The molecule has 0 spiro atoms. The Morgan fingerprint density at radius 3 is 2.71 bits per heavy atom. The number of ether oxygens (including phenoxy) is 4. The summed E-state index contributed by atoms with van der Waals surface area (Å²) in [5.74, 6) is -1.07. The summed E-state index contributed by atoms with van der Waals surface area (Å²) in [5.41, 5.74) is 0. The fourth-order valence-electron chi connectivity index (χ4n) is 1.92. The van der Waals surface area contributed by atoms with Crippen LogP contribution in [0.5, 0.6) is 0 Å². The third-order valence-electron chi connectivity index (χ3n) is 3.17. The van der Waals surface area contributed by atoms with Crippen LogP contribution in [0.1, 0.15) is 19.8 Å². The first-order chi connectivity index (χ1) is 11.5. The zero-order chi connectivity index (χ0) is 17.9. The fraction of sp³-hybridized carbons (Fsp3) is 0.688. The number of rotatable bonds is 13. The molecule has 24 heavy (non-hydrogen) atoms. The number of esters is 1. The minimum Gasteiger partial charge on any atom is -0.487 e. The van der Waals surface area contributed by atoms with E-state index in [1.807, 2.05) is 6.92 Å². The van der Waals surface area contributed by atoms with Gasteiger partial charge in [-0.25, -0.2) is 4.79 Å². The molecule has 3 N–H and O–H groups in total. The van der Waals surface area contributed by atoms with E-state index in [0.29, 0.717) is 6.61 Å². The van der Waals surface area contributed by atoms with Gasteiger partial charge in [-0.1, -0.05) is 26.0 Å². The van der Waals surface area contributed by atoms with Crippen LogP contribution in [0.3, 0.4) is 0 Å². The van der Waals surface area contributed by atoms with E-state index in [0.717, 1.165) is 12.8 Å². The molecular formula is C16H26O8. The van der Waals surface area contributed by atoms with Crippen molar-refractivity contribution in [2.24, 2.45) is 0 Å². The molecule has 0 aromatic carbocycles. The van der Waals surface area contributed by atoms with Gasteiger partial charge in [0, 0.05) is 6.61 Å². The molecule has 1 aliphatic heterocycles. The number of hydrogen-bond donors (Lipinski definition) is 3. The molecule has 1 unspecified atom stereocenters. The maximum absolute atomic E-state index is 11.8. The first-order valence-corrected chi connectivity index (χ1v) is 7.91. The Balaban J connectivity index is 2.66. The van der Waals surface area contributed by atoms with E-state index in [4.69, 9.17) is 24.1 Å². The molecule has 8 heteroatoms. The van der Waals surface area contributed by atoms with Crippen molar-refractivity contribution in [3.63, 3.8) is 0 Å². The van der Waals surface area contributed by atoms with Gasteiger partial charge >= 0.3 is 5.97 Å². The van der Waals surface area contributed by atoms with Crippen LogP contribution in [0, 0.1) is 0 Å². The molecule has 1 aliphatic rings. The van der Waals surface area contributed by atoms with Gasteiger partial charge in [-0.15, -0.1) is 0 Å². The molecule has 0 fully saturated rings. The second-order valence-corrected chi connectivity index (χ2v) is 5.26. The number of cyclic esters (lactones) is 1. The lowest BCUT2D eigenvalue weighted by atomic mass is 10.2. The van der Waals surface area contributed by atoms with Crippen molar-refractivity contribution in [1.82, 2.24) is 0 Å². The van der Waals surface area contributed by atoms with Crippen molar-refractivity contribution in [3.8, 4) is 0 Å². The number of hydrogen-bond acceptors (Lipinski definition) is 8. The second kappa shape index (κ2) is 11.0. The summed E-state index contributed by atoms with van der Waals surface area (Å²) in [4.78, 5) is 11.8. The molecule has 1 rings (SSSR count). The van der Waals surface area contributed by atoms with Crippen molar-refractivity contribution in [3.05, 3.63) is 24.2 Å². The van der Waals surface area contributed by atoms with E-state index < -0.39 is 30.9 Å². The molecule has 138 valence electrons. The summed E-state index contributed by atoms with van der Waals surface area (Å²) in [6.07, 6.45) is -0.140. The largest absolute Gasteiger partial charge is 0.487 e. The number of aliphatic hydroxyl groups is 3. The molecule has 0 aromatic heterocycles. The Bertz CT molecular complexity index is 434. The van der Waals surface area contributed by atoms with Gasteiger partial charge in [-0.3, -0.25) is 0 Å². The number of carbonyl (C=O) groups excluding carboxylic acids is 1. The summed E-state index contributed by atoms with van der Waals surface area (Å²) in [5, 5.41) is 28.7. The topological polar surface area (TPSA) is 115 Å². The molecule has 3 atom stereocenters. The van der Waals surface area contributed by atoms with Crippen LogP contribution in [-0.4, -0.2) is 72.6 Å². The number of unbranched alkanes of at least 4 members (excludes halogenated alkanes) is 1. The molecule has 0 bridgehead atoms. The molecule has 1 heterocycles. The monoisotopic (exact) mass is 346 g/mol. The van der Waals surface area contributed by atoms with Gasteiger partial charge in [0.2, 0.25) is 5.76 Å². The highest BCUT2D eigenvalue weighted by molar-refractivity contribution is 5.89. The molecule has 0 saturated carbocycles. The van der Waals surface area contributed by atoms with Gasteiger partial charge in [0.05, 0.1) is 13.2 Å². The average molecular weight is 346 g/mol. The van der Waals surface area contributed by atoms with Crippen molar-refractivity contribution in [2.75, 3.05) is 33.0 Å². The van der Waals surface area contributed by atoms with Gasteiger partial charge in [-0.05, 0) is 6.42 Å². The van der Waals surface area contributed by atoms with Gasteiger partial charge in [0.25, 0.3) is 0 Å². The van der Waals surface area contributed by atoms with Crippen molar-refractivity contribution in [1.29, 1.82) is 0 Å². The summed E-state index contributed by atoms with van der Waals surface area (Å²) < 4.78 is 20.9. The lowest BCUT2D eigenvalue weighted by Gasteiger charge is -2.20. The number of aliphatic hydroxyl groups excluding tert-OH is 3. The van der Waals surface area contributed by atoms with Gasteiger partial charge in [0.1, 0.15) is 25.4 Å². The minimum atomic E-state index is -1.35. The first-order valence-electron chi connectivity index (χ1n) is 7.91. The maximum Gasteiger partial charge on any atom is 0.378 e. The van der Waals surface area contributed by atoms with E-state index >= 15 is 0 Å². The molecule has 0 aromatic rings. The molecular weight excluding hydrogens is 320 g/mol. The lowest BCUT2D eigenvalue weighted by molar-refractivity contribution is -0.148. The number of carbonyl (C=O) groups is 1. The summed E-state index contributed by atoms with van der Waals surface area (Å²) in [6, 6.07) is 0. The van der Waals surface area contributed by atoms with E-state index in [1.165, 1.54) is 6.08 Å². The van der Waals surface area contributed by atoms with E-state index in [9.17, 15) is 15.0 Å². The molecule has 0 radical (unpaired) electrons. The second-order valence-electron chi connectivity index (χ2n) is 5.26. The predicted octanol–water partition coefficient (Wildman–Crippen LogP) is -0.127. The van der Waals surface area contributed by atoms with E-state index in [1.54, 1.807) is 0 Å². The zero-order valence-electron chi connectivity index (χ0n) is 13.8. The third-order valence-corrected chi connectivity index (χ3v) is 3.17. The van der Waals surface area contributed by atoms with Crippen LogP contribution in [0.2, 0.25) is 0 Å². The van der Waals surface area contributed by atoms with Crippen LogP contribution < -0.4 is 0 Å². The maximum atomic E-state index is 11.8. The molecule has 8 nitrogen and oxygen atoms in total. The summed E-state index contributed by atoms with van der Waals surface area (Å²) in [6.45, 7) is 5.38. The molecule has 0 saturated heterocycles. The van der Waals surface area contributed by atoms with Crippen molar-refractivity contribution >= 4 is 5.97 Å². The highest BCUT2D eigenvalue weighted by Gasteiger charge is 2.42. The third kappa shape index (κ3) is 6.12. The van der Waals surface area contributed by atoms with Crippen molar-refractivity contribution in [2.45, 2.75) is 38.1 Å². The molecule has 0 aliphatic carbocycles. The molecule has 0 amide bonds. The van der Waals surface area contributed by atoms with Gasteiger partial charge < -0.3 is 34.3 Å². The van der Waals surface area contributed by atoms with Crippen LogP contribution in [0.4, 0.5) is 0 Å². The van der Waals surface area contributed by atoms with Crippen LogP contribution in [-0.2, 0) is 23.7 Å². The van der Waals surface area contributed by atoms with E-state index in [-0.39, 0.29) is 31.3 Å². The van der Waals surface area contributed by atoms with E-state index in [2.05, 4.69) is 6.58 Å². The first kappa shape index (κ1) is 20.4. The smallest absolute Gasteiger partial charge is 0.378 e. The Labute approximate surface area is 141 Å². The van der Waals surface area contributed by atoms with Gasteiger partial charge in [-0.2, -0.15) is 0 Å². The van der Waals surface area contributed by atoms with Crippen molar-refractivity contribution < 1.29 is 39.1 Å². The zero-order valence-corrected chi connectivity index (χ0v) is 13.8. The Kier molecular flexibility index (Phi) is 9.39. The fourth-order valence-corrected chi connectivity index (χ4v) is 1.92. The summed E-state index contributed by atoms with van der Waals surface area (Å²) in [7, 11) is 0. The summed E-state index contributed by atoms with van der Waals surface area (Å²) >= 11 is 0. The Morgan fingerprint density at radius 1 is 1.33 bits per heavy atom. The SMILES string of the molecule is C=CCOC1=C(OCC(O)COCCCC)[C@@H]([C@@H](O)CO)OC1=O. The quantitative estimate of drug-likeness (QED) is 0.240. The lowest BCUT2D eigenvalue weighted by Crippen LogP contribution is -2.33. The van der Waals surface area contributed by atoms with Gasteiger partial charge in [0.15, 0.2) is 11.9 Å². The minimum absolute atomic E-state index is 0.0436. The standard InChI is InChI=1S/C16H26O8/c1-3-5-7-21-9-11(18)10-23-14-13(12(19)8-17)24-16(20)15(14)22-6-4-2/h4,11-13,17-19H,2-3,5-10H2,1H3/t11?,12-,13+/m0/s1. The Hall–Kier alpha value is -1.61. The predicted molar refractivity (Wildman–Crippen MR) is 83.8 cm³/mol. The average Bonchev–Trinajstić information content (AvgIpc) is 2.90. The Morgan fingerprint density at radius 2 is 2.08 bits per heavy atom. The highest BCUT2D eigenvalue weighted by Crippen LogP contribution is 2.27. The van der Waals surface area contributed by atoms with Crippen LogP contribution >= 0.6 is 0 Å². The normalized spacial score (nSPS) is 19.8. The highest BCUT2D eigenvalue weighted by atomic mass is 16.6.